The standard InChI is InChI=1S/C10H14BrNOS/c1-8(3-2-5-11)12-10(13)9-4-6-14-7-9/h4,6-8H,2-3,5H2,1H3,(H,12,13). The van der Waals surface area contributed by atoms with Gasteiger partial charge in [0.15, 0.2) is 0 Å². The van der Waals surface area contributed by atoms with E-state index in [1.54, 1.807) is 11.3 Å². The van der Waals surface area contributed by atoms with Crippen molar-refractivity contribution in [3.8, 4) is 0 Å². The number of carbonyl (C=O) groups excluding carboxylic acids is 1. The molecule has 1 N–H and O–H groups in total. The normalized spacial score (nSPS) is 12.4. The van der Waals surface area contributed by atoms with Gasteiger partial charge in [-0.1, -0.05) is 15.9 Å². The summed E-state index contributed by atoms with van der Waals surface area (Å²) in [5.41, 5.74) is 0.765. The molecule has 0 saturated heterocycles. The Labute approximate surface area is 96.8 Å². The van der Waals surface area contributed by atoms with Crippen LogP contribution in [0.25, 0.3) is 0 Å². The van der Waals surface area contributed by atoms with E-state index in [4.69, 9.17) is 0 Å². The van der Waals surface area contributed by atoms with Crippen LogP contribution >= 0.6 is 27.3 Å². The molecule has 1 amide bonds. The van der Waals surface area contributed by atoms with Crippen LogP contribution in [0.1, 0.15) is 30.1 Å². The third-order valence-electron chi connectivity index (χ3n) is 1.93. The van der Waals surface area contributed by atoms with Gasteiger partial charge in [0.2, 0.25) is 0 Å². The van der Waals surface area contributed by atoms with Gasteiger partial charge in [-0.2, -0.15) is 11.3 Å². The highest BCUT2D eigenvalue weighted by atomic mass is 79.9. The summed E-state index contributed by atoms with van der Waals surface area (Å²) in [6.45, 7) is 2.03. The van der Waals surface area contributed by atoms with Crippen LogP contribution in [-0.2, 0) is 0 Å². The molecule has 0 fully saturated rings. The number of alkyl halides is 1. The van der Waals surface area contributed by atoms with Gasteiger partial charge in [0.1, 0.15) is 0 Å². The fraction of sp³-hybridized carbons (Fsp3) is 0.500. The van der Waals surface area contributed by atoms with Crippen LogP contribution in [-0.4, -0.2) is 17.3 Å². The summed E-state index contributed by atoms with van der Waals surface area (Å²) >= 11 is 4.92. The van der Waals surface area contributed by atoms with E-state index in [0.717, 1.165) is 23.7 Å². The van der Waals surface area contributed by atoms with Crippen molar-refractivity contribution in [2.45, 2.75) is 25.8 Å². The lowest BCUT2D eigenvalue weighted by molar-refractivity contribution is 0.0939. The molecule has 1 rings (SSSR count). The molecule has 78 valence electrons. The first-order valence-corrected chi connectivity index (χ1v) is 6.69. The van der Waals surface area contributed by atoms with E-state index in [2.05, 4.69) is 21.2 Å². The number of rotatable bonds is 5. The van der Waals surface area contributed by atoms with Crippen LogP contribution in [0.2, 0.25) is 0 Å². The predicted molar refractivity (Wildman–Crippen MR) is 64.3 cm³/mol. The van der Waals surface area contributed by atoms with Crippen LogP contribution in [0.3, 0.4) is 0 Å². The Bertz CT molecular complexity index is 274. The third kappa shape index (κ3) is 3.80. The molecule has 0 aliphatic carbocycles. The van der Waals surface area contributed by atoms with E-state index in [-0.39, 0.29) is 11.9 Å². The Morgan fingerprint density at radius 2 is 2.50 bits per heavy atom. The maximum Gasteiger partial charge on any atom is 0.252 e. The molecule has 0 aliphatic heterocycles. The molecule has 1 atom stereocenters. The topological polar surface area (TPSA) is 29.1 Å². The van der Waals surface area contributed by atoms with Gasteiger partial charge < -0.3 is 5.32 Å². The summed E-state index contributed by atoms with van der Waals surface area (Å²) in [4.78, 5) is 11.6. The van der Waals surface area contributed by atoms with E-state index in [1.165, 1.54) is 0 Å². The first kappa shape index (κ1) is 11.7. The van der Waals surface area contributed by atoms with Crippen molar-refractivity contribution >= 4 is 33.2 Å². The van der Waals surface area contributed by atoms with E-state index in [1.807, 2.05) is 23.8 Å². The molecule has 1 unspecified atom stereocenters. The predicted octanol–water partition coefficient (Wildman–Crippen LogP) is 3.04. The average Bonchev–Trinajstić information content (AvgIpc) is 2.67. The average molecular weight is 276 g/mol. The van der Waals surface area contributed by atoms with Crippen molar-refractivity contribution in [2.24, 2.45) is 0 Å². The molecule has 0 aliphatic rings. The minimum absolute atomic E-state index is 0.0355. The highest BCUT2D eigenvalue weighted by Crippen LogP contribution is 2.07. The summed E-state index contributed by atoms with van der Waals surface area (Å²) in [6, 6.07) is 2.09. The van der Waals surface area contributed by atoms with Crippen LogP contribution < -0.4 is 5.32 Å². The minimum atomic E-state index is 0.0355. The van der Waals surface area contributed by atoms with Crippen molar-refractivity contribution in [1.29, 1.82) is 0 Å². The van der Waals surface area contributed by atoms with Gasteiger partial charge in [0, 0.05) is 22.3 Å². The zero-order valence-corrected chi connectivity index (χ0v) is 10.5. The highest BCUT2D eigenvalue weighted by Gasteiger charge is 2.08. The maximum absolute atomic E-state index is 11.6. The molecule has 1 aromatic heterocycles. The van der Waals surface area contributed by atoms with Crippen LogP contribution in [0, 0.1) is 0 Å². The number of carbonyl (C=O) groups is 1. The minimum Gasteiger partial charge on any atom is -0.350 e. The largest absolute Gasteiger partial charge is 0.350 e. The van der Waals surface area contributed by atoms with Gasteiger partial charge in [0.25, 0.3) is 5.91 Å². The molecule has 4 heteroatoms. The fourth-order valence-electron chi connectivity index (χ4n) is 1.16. The molecule has 0 aromatic carbocycles. The van der Waals surface area contributed by atoms with Crippen molar-refractivity contribution in [1.82, 2.24) is 5.32 Å². The number of halogens is 1. The molecular weight excluding hydrogens is 262 g/mol. The second kappa shape index (κ2) is 6.19. The van der Waals surface area contributed by atoms with Crippen molar-refractivity contribution in [3.63, 3.8) is 0 Å². The number of amides is 1. The van der Waals surface area contributed by atoms with Crippen LogP contribution in [0.4, 0.5) is 0 Å². The molecule has 1 aromatic rings. The summed E-state index contributed by atoms with van der Waals surface area (Å²) in [7, 11) is 0. The Balaban J connectivity index is 2.34. The number of hydrogen-bond acceptors (Lipinski definition) is 2. The smallest absolute Gasteiger partial charge is 0.252 e. The third-order valence-corrected chi connectivity index (χ3v) is 3.18. The van der Waals surface area contributed by atoms with Gasteiger partial charge in [0.05, 0.1) is 0 Å². The fourth-order valence-corrected chi connectivity index (χ4v) is 2.12. The molecule has 0 spiro atoms. The second-order valence-corrected chi connectivity index (χ2v) is 4.79. The summed E-state index contributed by atoms with van der Waals surface area (Å²) in [5.74, 6) is 0.0355. The van der Waals surface area contributed by atoms with Gasteiger partial charge in [-0.05, 0) is 31.2 Å². The van der Waals surface area contributed by atoms with Gasteiger partial charge in [-0.25, -0.2) is 0 Å². The monoisotopic (exact) mass is 275 g/mol. The quantitative estimate of drug-likeness (QED) is 0.823. The molecule has 14 heavy (non-hydrogen) atoms. The lowest BCUT2D eigenvalue weighted by Crippen LogP contribution is -2.32. The Morgan fingerprint density at radius 1 is 1.71 bits per heavy atom. The van der Waals surface area contributed by atoms with Gasteiger partial charge in [-0.15, -0.1) is 0 Å². The van der Waals surface area contributed by atoms with Gasteiger partial charge >= 0.3 is 0 Å². The number of thiophene rings is 1. The molecule has 0 saturated carbocycles. The Kier molecular flexibility index (Phi) is 5.19. The van der Waals surface area contributed by atoms with Crippen LogP contribution in [0.15, 0.2) is 16.8 Å². The highest BCUT2D eigenvalue weighted by molar-refractivity contribution is 9.09. The summed E-state index contributed by atoms with van der Waals surface area (Å²) in [6.07, 6.45) is 2.10. The number of nitrogens with one attached hydrogen (secondary N) is 1. The number of hydrogen-bond donors (Lipinski definition) is 1. The second-order valence-electron chi connectivity index (χ2n) is 3.22. The first-order valence-electron chi connectivity index (χ1n) is 4.63. The molecule has 0 radical (unpaired) electrons. The molecule has 0 bridgehead atoms. The van der Waals surface area contributed by atoms with Gasteiger partial charge in [-0.3, -0.25) is 4.79 Å². The van der Waals surface area contributed by atoms with E-state index < -0.39 is 0 Å². The molecular formula is C10H14BrNOS. The van der Waals surface area contributed by atoms with Crippen molar-refractivity contribution < 1.29 is 4.79 Å². The molecule has 2 nitrogen and oxygen atoms in total. The zero-order chi connectivity index (χ0) is 10.4. The lowest BCUT2D eigenvalue weighted by atomic mass is 10.2. The SMILES string of the molecule is CC(CCCBr)NC(=O)c1ccsc1. The zero-order valence-electron chi connectivity index (χ0n) is 8.13. The van der Waals surface area contributed by atoms with E-state index >= 15 is 0 Å². The Morgan fingerprint density at radius 3 is 3.07 bits per heavy atom. The van der Waals surface area contributed by atoms with E-state index in [9.17, 15) is 4.79 Å². The molecule has 1 heterocycles. The van der Waals surface area contributed by atoms with E-state index in [0.29, 0.717) is 0 Å². The summed E-state index contributed by atoms with van der Waals surface area (Å²) in [5, 5.41) is 7.74. The van der Waals surface area contributed by atoms with Crippen molar-refractivity contribution in [2.75, 3.05) is 5.33 Å². The Hall–Kier alpha value is -0.350. The maximum atomic E-state index is 11.6. The lowest BCUT2D eigenvalue weighted by Gasteiger charge is -2.12. The first-order chi connectivity index (χ1) is 6.74. The van der Waals surface area contributed by atoms with Crippen LogP contribution in [0.5, 0.6) is 0 Å². The van der Waals surface area contributed by atoms with Crippen molar-refractivity contribution in [3.05, 3.63) is 22.4 Å². The summed E-state index contributed by atoms with van der Waals surface area (Å²) < 4.78 is 0.